The first-order chi connectivity index (χ1) is 13.5. The molecule has 1 aromatic rings. The second-order valence-corrected chi connectivity index (χ2v) is 6.10. The molecule has 9 nitrogen and oxygen atoms in total. The van der Waals surface area contributed by atoms with Gasteiger partial charge in [-0.25, -0.2) is 0 Å². The number of aromatic nitrogens is 3. The van der Waals surface area contributed by atoms with Crippen LogP contribution in [0.2, 0.25) is 0 Å². The molecule has 0 bridgehead atoms. The summed E-state index contributed by atoms with van der Waals surface area (Å²) in [4.78, 5) is 41.9. The smallest absolute Gasteiger partial charge is 0.279 e. The van der Waals surface area contributed by atoms with Gasteiger partial charge in [-0.1, -0.05) is 18.6 Å². The van der Waals surface area contributed by atoms with Crippen molar-refractivity contribution in [2.45, 2.75) is 33.1 Å². The highest BCUT2D eigenvalue weighted by atomic mass is 16.5. The summed E-state index contributed by atoms with van der Waals surface area (Å²) in [7, 11) is 1.54. The zero-order chi connectivity index (χ0) is 20.5. The van der Waals surface area contributed by atoms with E-state index in [0.29, 0.717) is 36.2 Å². The highest BCUT2D eigenvalue weighted by molar-refractivity contribution is 6.69. The molecule has 0 atom stereocenters. The van der Waals surface area contributed by atoms with E-state index in [1.165, 1.54) is 19.4 Å². The molecule has 0 saturated carbocycles. The Morgan fingerprint density at radius 1 is 1.36 bits per heavy atom. The molecule has 28 heavy (non-hydrogen) atoms. The molecule has 0 saturated heterocycles. The third kappa shape index (κ3) is 5.46. The number of Topliss-reactive ketones (excluding diaryl/α,β-unsaturated/α-hetero) is 1. The van der Waals surface area contributed by atoms with Gasteiger partial charge in [0.1, 0.15) is 0 Å². The summed E-state index contributed by atoms with van der Waals surface area (Å²) in [6, 6.07) is 0. The molecular formula is C19H23N5O4. The van der Waals surface area contributed by atoms with Crippen LogP contribution in [0.25, 0.3) is 0 Å². The number of ether oxygens (including phenoxy) is 1. The quantitative estimate of drug-likeness (QED) is 0.731. The van der Waals surface area contributed by atoms with Crippen LogP contribution in [0.4, 0.5) is 5.82 Å². The Labute approximate surface area is 163 Å². The van der Waals surface area contributed by atoms with Crippen LogP contribution in [0, 0.1) is 0 Å². The van der Waals surface area contributed by atoms with E-state index in [4.69, 9.17) is 4.74 Å². The van der Waals surface area contributed by atoms with Gasteiger partial charge in [0.15, 0.2) is 17.3 Å². The van der Waals surface area contributed by atoms with Crippen LogP contribution in [-0.4, -0.2) is 58.9 Å². The predicted octanol–water partition coefficient (Wildman–Crippen LogP) is 1.26. The molecule has 1 aliphatic rings. The van der Waals surface area contributed by atoms with Crippen molar-refractivity contribution >= 4 is 29.0 Å². The molecule has 0 spiro atoms. The van der Waals surface area contributed by atoms with E-state index in [0.717, 1.165) is 0 Å². The van der Waals surface area contributed by atoms with Crippen LogP contribution in [0.15, 0.2) is 34.5 Å². The zero-order valence-corrected chi connectivity index (χ0v) is 16.2. The van der Waals surface area contributed by atoms with Crippen molar-refractivity contribution < 1.29 is 19.1 Å². The van der Waals surface area contributed by atoms with Gasteiger partial charge in [-0.15, -0.1) is 10.2 Å². The van der Waals surface area contributed by atoms with E-state index in [9.17, 15) is 14.4 Å². The Bertz CT molecular complexity index is 858. The van der Waals surface area contributed by atoms with Crippen LogP contribution in [0.5, 0.6) is 0 Å². The van der Waals surface area contributed by atoms with Crippen molar-refractivity contribution in [2.75, 3.05) is 25.6 Å². The fraction of sp³-hybridized carbons (Fsp3) is 0.421. The molecule has 2 heterocycles. The van der Waals surface area contributed by atoms with Gasteiger partial charge in [-0.05, 0) is 31.1 Å². The number of aryl methyl sites for hydroxylation is 1. The summed E-state index contributed by atoms with van der Waals surface area (Å²) in [5.74, 6) is -1.17. The Kier molecular flexibility index (Phi) is 7.82. The fourth-order valence-electron chi connectivity index (χ4n) is 2.61. The topological polar surface area (TPSA) is 124 Å². The first kappa shape index (κ1) is 21.2. The Morgan fingerprint density at radius 3 is 2.82 bits per heavy atom. The van der Waals surface area contributed by atoms with E-state index >= 15 is 0 Å². The molecule has 0 aromatic carbocycles. The third-order valence-electron chi connectivity index (χ3n) is 4.24. The lowest BCUT2D eigenvalue weighted by atomic mass is 10.00. The summed E-state index contributed by atoms with van der Waals surface area (Å²) < 4.78 is 5.04. The highest BCUT2D eigenvalue weighted by Crippen LogP contribution is 2.16. The zero-order valence-electron chi connectivity index (χ0n) is 16.2. The Balaban J connectivity index is 2.36. The largest absolute Gasteiger partial charge is 0.384 e. The number of nitrogens with zero attached hydrogens (tertiary/aromatic N) is 4. The number of ketones is 2. The summed E-state index contributed by atoms with van der Waals surface area (Å²) >= 11 is 0. The minimum absolute atomic E-state index is 0.0438. The molecule has 0 fully saturated rings. The van der Waals surface area contributed by atoms with Gasteiger partial charge < -0.3 is 10.1 Å². The number of carbonyl (C=O) groups is 3. The lowest BCUT2D eigenvalue weighted by Gasteiger charge is -2.08. The SMILES string of the molecule is C/C=C1/CN=C(C(=O)Nc2nnncc2CC)C(=O)/C=C(\CCOC)CC1=O. The number of hydrogen-bond acceptors (Lipinski definition) is 8. The normalized spacial score (nSPS) is 18.6. The molecule has 1 aliphatic heterocycles. The number of carbonyl (C=O) groups excluding carboxylic acids is 3. The third-order valence-corrected chi connectivity index (χ3v) is 4.24. The average molecular weight is 385 g/mol. The number of aliphatic imine (C=N–C) groups is 1. The molecule has 0 unspecified atom stereocenters. The van der Waals surface area contributed by atoms with Crippen LogP contribution in [0.3, 0.4) is 0 Å². The Morgan fingerprint density at radius 2 is 2.14 bits per heavy atom. The van der Waals surface area contributed by atoms with Gasteiger partial charge in [0.2, 0.25) is 5.78 Å². The number of rotatable bonds is 6. The van der Waals surface area contributed by atoms with Gasteiger partial charge >= 0.3 is 0 Å². The van der Waals surface area contributed by atoms with Crippen molar-refractivity contribution in [3.8, 4) is 0 Å². The number of methoxy groups -OCH3 is 1. The maximum absolute atomic E-state index is 12.7. The van der Waals surface area contributed by atoms with Gasteiger partial charge in [-0.2, -0.15) is 0 Å². The summed E-state index contributed by atoms with van der Waals surface area (Å²) in [6.07, 6.45) is 5.53. The first-order valence-electron chi connectivity index (χ1n) is 8.94. The standard InChI is InChI=1S/C19H23N5O4/c1-4-13-10-20-17(16(26)9-12(6-7-28-3)8-15(13)25)19(27)22-18-14(5-2)11-21-24-23-18/h4,9,11H,5-8,10H2,1-3H3,(H,21,22,23,27)/b12-9+,13-4-,20-17?. The van der Waals surface area contributed by atoms with Crippen molar-refractivity contribution in [2.24, 2.45) is 4.99 Å². The van der Waals surface area contributed by atoms with Gasteiger partial charge in [-0.3, -0.25) is 19.4 Å². The van der Waals surface area contributed by atoms with Crippen molar-refractivity contribution in [3.63, 3.8) is 0 Å². The lowest BCUT2D eigenvalue weighted by Crippen LogP contribution is -2.30. The summed E-state index contributed by atoms with van der Waals surface area (Å²) in [5, 5.41) is 13.6. The van der Waals surface area contributed by atoms with Gasteiger partial charge in [0, 0.05) is 31.3 Å². The fourth-order valence-corrected chi connectivity index (χ4v) is 2.61. The average Bonchev–Trinajstić information content (AvgIpc) is 2.74. The molecule has 0 aliphatic carbocycles. The number of allylic oxidation sites excluding steroid dienone is 2. The van der Waals surface area contributed by atoms with E-state index in [1.807, 2.05) is 6.92 Å². The second-order valence-electron chi connectivity index (χ2n) is 6.10. The predicted molar refractivity (Wildman–Crippen MR) is 103 cm³/mol. The van der Waals surface area contributed by atoms with E-state index in [-0.39, 0.29) is 30.3 Å². The van der Waals surface area contributed by atoms with E-state index in [2.05, 4.69) is 25.7 Å². The molecule has 9 heteroatoms. The summed E-state index contributed by atoms with van der Waals surface area (Å²) in [6.45, 7) is 3.92. The van der Waals surface area contributed by atoms with Crippen molar-refractivity contribution in [1.29, 1.82) is 0 Å². The number of anilines is 1. The number of hydrogen-bond donors (Lipinski definition) is 1. The van der Waals surface area contributed by atoms with Gasteiger partial charge in [0.05, 0.1) is 12.7 Å². The molecule has 0 radical (unpaired) electrons. The second kappa shape index (κ2) is 10.3. The van der Waals surface area contributed by atoms with Crippen LogP contribution >= 0.6 is 0 Å². The number of nitrogens with one attached hydrogen (secondary N) is 1. The van der Waals surface area contributed by atoms with Crippen LogP contribution in [-0.2, 0) is 25.5 Å². The monoisotopic (exact) mass is 385 g/mol. The van der Waals surface area contributed by atoms with Crippen LogP contribution < -0.4 is 5.32 Å². The minimum atomic E-state index is -0.702. The first-order valence-corrected chi connectivity index (χ1v) is 8.94. The molecule has 148 valence electrons. The number of amides is 1. The van der Waals surface area contributed by atoms with Crippen molar-refractivity contribution in [1.82, 2.24) is 15.4 Å². The lowest BCUT2D eigenvalue weighted by molar-refractivity contribution is -0.115. The molecule has 1 amide bonds. The van der Waals surface area contributed by atoms with Crippen LogP contribution in [0.1, 0.15) is 32.3 Å². The van der Waals surface area contributed by atoms with E-state index < -0.39 is 11.7 Å². The molecule has 1 N–H and O–H groups in total. The molecule has 1 aromatic heterocycles. The highest BCUT2D eigenvalue weighted by Gasteiger charge is 2.24. The van der Waals surface area contributed by atoms with Crippen molar-refractivity contribution in [3.05, 3.63) is 35.1 Å². The minimum Gasteiger partial charge on any atom is -0.384 e. The Hall–Kier alpha value is -3.07. The maximum atomic E-state index is 12.7. The summed E-state index contributed by atoms with van der Waals surface area (Å²) in [5.41, 5.74) is 1.43. The molecular weight excluding hydrogens is 362 g/mol. The molecule has 2 rings (SSSR count). The maximum Gasteiger partial charge on any atom is 0.279 e. The van der Waals surface area contributed by atoms with Gasteiger partial charge in [0.25, 0.3) is 5.91 Å². The van der Waals surface area contributed by atoms with E-state index in [1.54, 1.807) is 13.0 Å².